The normalized spacial score (nSPS) is 18.4. The second kappa shape index (κ2) is 7.52. The van der Waals surface area contributed by atoms with Crippen LogP contribution in [0.4, 0.5) is 5.69 Å². The Bertz CT molecular complexity index is 923. The molecule has 1 heterocycles. The maximum absolute atomic E-state index is 12.8. The molecule has 3 aromatic rings. The molecule has 0 bridgehead atoms. The van der Waals surface area contributed by atoms with Gasteiger partial charge in [-0.2, -0.15) is 0 Å². The third-order valence-electron chi connectivity index (χ3n) is 4.80. The molecule has 1 amide bonds. The van der Waals surface area contributed by atoms with Crippen molar-refractivity contribution in [2.45, 2.75) is 18.7 Å². The van der Waals surface area contributed by atoms with Crippen LogP contribution in [0.3, 0.4) is 0 Å². The van der Waals surface area contributed by atoms with Crippen LogP contribution in [0.15, 0.2) is 84.9 Å². The number of ether oxygens (including phenoxy) is 1. The molecular weight excluding hydrogens is 356 g/mol. The topological polar surface area (TPSA) is 72.7 Å². The molecular formula is C22H18N2O4. The fourth-order valence-electron chi connectivity index (χ4n) is 3.38. The van der Waals surface area contributed by atoms with Gasteiger partial charge in [-0.05, 0) is 35.4 Å². The van der Waals surface area contributed by atoms with Crippen LogP contribution < -0.4 is 4.74 Å². The van der Waals surface area contributed by atoms with Crippen molar-refractivity contribution in [1.29, 1.82) is 0 Å². The summed E-state index contributed by atoms with van der Waals surface area (Å²) in [6, 6.07) is 24.9. The van der Waals surface area contributed by atoms with Crippen molar-refractivity contribution in [3.05, 3.63) is 106 Å². The Kier molecular flexibility index (Phi) is 4.76. The lowest BCUT2D eigenvalue weighted by Gasteiger charge is -2.46. The number of nitrogens with zero attached hydrogens (tertiary/aromatic N) is 2. The lowest BCUT2D eigenvalue weighted by atomic mass is 9.89. The van der Waals surface area contributed by atoms with Gasteiger partial charge in [0.2, 0.25) is 6.10 Å². The number of hydrogen-bond acceptors (Lipinski definition) is 4. The maximum atomic E-state index is 12.8. The fourth-order valence-corrected chi connectivity index (χ4v) is 3.38. The molecule has 2 unspecified atom stereocenters. The minimum atomic E-state index is -0.660. The van der Waals surface area contributed by atoms with Gasteiger partial charge >= 0.3 is 0 Å². The van der Waals surface area contributed by atoms with Crippen molar-refractivity contribution in [3.63, 3.8) is 0 Å². The summed E-state index contributed by atoms with van der Waals surface area (Å²) in [5, 5.41) is 10.9. The molecule has 1 aliphatic heterocycles. The third kappa shape index (κ3) is 3.44. The molecule has 140 valence electrons. The van der Waals surface area contributed by atoms with Gasteiger partial charge in [-0.15, -0.1) is 0 Å². The fraction of sp³-hybridized carbons (Fsp3) is 0.136. The lowest BCUT2D eigenvalue weighted by Crippen LogP contribution is -2.60. The predicted octanol–water partition coefficient (Wildman–Crippen LogP) is 4.13. The van der Waals surface area contributed by atoms with Crippen LogP contribution >= 0.6 is 0 Å². The summed E-state index contributed by atoms with van der Waals surface area (Å²) in [5.74, 6) is 0.517. The standard InChI is InChI=1S/C22H18N2O4/c25-22-21(28-19-9-5-2-6-10-19)20(17-11-13-18(14-12-17)24(26)27)23(22)15-16-7-3-1-4-8-16/h1-14,20-21H,15H2. The van der Waals surface area contributed by atoms with E-state index in [1.807, 2.05) is 48.5 Å². The molecule has 0 N–H and O–H groups in total. The molecule has 28 heavy (non-hydrogen) atoms. The SMILES string of the molecule is O=C1C(Oc2ccccc2)C(c2ccc([N+](=O)[O-])cc2)N1Cc1ccccc1. The second-order valence-electron chi connectivity index (χ2n) is 6.60. The lowest BCUT2D eigenvalue weighted by molar-refractivity contribution is -0.384. The summed E-state index contributed by atoms with van der Waals surface area (Å²) in [5.41, 5.74) is 1.84. The molecule has 0 aliphatic carbocycles. The van der Waals surface area contributed by atoms with E-state index in [0.29, 0.717) is 12.3 Å². The molecule has 0 radical (unpaired) electrons. The predicted molar refractivity (Wildman–Crippen MR) is 104 cm³/mol. The van der Waals surface area contributed by atoms with Gasteiger partial charge in [0.05, 0.1) is 4.92 Å². The summed E-state index contributed by atoms with van der Waals surface area (Å²) in [7, 11) is 0. The highest BCUT2D eigenvalue weighted by atomic mass is 16.6. The molecule has 6 heteroatoms. The molecule has 3 aromatic carbocycles. The number of nitro benzene ring substituents is 1. The third-order valence-corrected chi connectivity index (χ3v) is 4.80. The highest BCUT2D eigenvalue weighted by molar-refractivity contribution is 5.89. The van der Waals surface area contributed by atoms with Crippen molar-refractivity contribution in [1.82, 2.24) is 4.90 Å². The molecule has 1 aliphatic rings. The average Bonchev–Trinajstić information content (AvgIpc) is 2.74. The van der Waals surface area contributed by atoms with Gasteiger partial charge in [-0.25, -0.2) is 0 Å². The smallest absolute Gasteiger partial charge is 0.269 e. The van der Waals surface area contributed by atoms with Gasteiger partial charge in [-0.3, -0.25) is 14.9 Å². The van der Waals surface area contributed by atoms with E-state index >= 15 is 0 Å². The van der Waals surface area contributed by atoms with Crippen LogP contribution in [0, 0.1) is 10.1 Å². The summed E-state index contributed by atoms with van der Waals surface area (Å²) in [6.45, 7) is 0.454. The van der Waals surface area contributed by atoms with E-state index in [1.54, 1.807) is 29.2 Å². The molecule has 2 atom stereocenters. The Morgan fingerprint density at radius 3 is 2.11 bits per heavy atom. The quantitative estimate of drug-likeness (QED) is 0.369. The Balaban J connectivity index is 1.62. The van der Waals surface area contributed by atoms with Gasteiger partial charge in [0.25, 0.3) is 11.6 Å². The number of β-lactam (4-membered cyclic amide) rings is 1. The number of likely N-dealkylation sites (tertiary alicyclic amines) is 1. The van der Waals surface area contributed by atoms with Crippen LogP contribution in [-0.2, 0) is 11.3 Å². The first-order valence-corrected chi connectivity index (χ1v) is 8.94. The number of non-ortho nitro benzene ring substituents is 1. The van der Waals surface area contributed by atoms with E-state index in [1.165, 1.54) is 12.1 Å². The Morgan fingerprint density at radius 2 is 1.50 bits per heavy atom. The number of carbonyl (C=O) groups excluding carboxylic acids is 1. The molecule has 0 spiro atoms. The monoisotopic (exact) mass is 374 g/mol. The van der Waals surface area contributed by atoms with Gasteiger partial charge in [0.15, 0.2) is 0 Å². The van der Waals surface area contributed by atoms with Crippen molar-refractivity contribution < 1.29 is 14.5 Å². The van der Waals surface area contributed by atoms with Gasteiger partial charge in [-0.1, -0.05) is 48.5 Å². The Labute approximate surface area is 162 Å². The van der Waals surface area contributed by atoms with E-state index < -0.39 is 11.0 Å². The number of benzene rings is 3. The first-order chi connectivity index (χ1) is 13.6. The number of hydrogen-bond donors (Lipinski definition) is 0. The van der Waals surface area contributed by atoms with Crippen LogP contribution in [0.5, 0.6) is 5.75 Å². The minimum absolute atomic E-state index is 0.0181. The second-order valence-corrected chi connectivity index (χ2v) is 6.60. The first-order valence-electron chi connectivity index (χ1n) is 8.94. The first kappa shape index (κ1) is 17.7. The zero-order valence-electron chi connectivity index (χ0n) is 15.0. The van der Waals surface area contributed by atoms with Crippen molar-refractivity contribution in [3.8, 4) is 5.75 Å². The molecule has 0 saturated carbocycles. The van der Waals surface area contributed by atoms with E-state index in [2.05, 4.69) is 0 Å². The maximum Gasteiger partial charge on any atom is 0.269 e. The summed E-state index contributed by atoms with van der Waals surface area (Å²) in [4.78, 5) is 25.1. The van der Waals surface area contributed by atoms with Gasteiger partial charge < -0.3 is 9.64 Å². The minimum Gasteiger partial charge on any atom is -0.478 e. The van der Waals surface area contributed by atoms with Crippen LogP contribution in [-0.4, -0.2) is 21.8 Å². The van der Waals surface area contributed by atoms with E-state index in [9.17, 15) is 14.9 Å². The number of para-hydroxylation sites is 1. The zero-order chi connectivity index (χ0) is 19.5. The molecule has 1 saturated heterocycles. The number of rotatable bonds is 6. The highest BCUT2D eigenvalue weighted by Gasteiger charge is 2.50. The van der Waals surface area contributed by atoms with Crippen LogP contribution in [0.1, 0.15) is 17.2 Å². The van der Waals surface area contributed by atoms with Crippen molar-refractivity contribution in [2.75, 3.05) is 0 Å². The van der Waals surface area contributed by atoms with E-state index in [4.69, 9.17) is 4.74 Å². The largest absolute Gasteiger partial charge is 0.478 e. The van der Waals surface area contributed by atoms with E-state index in [0.717, 1.165) is 11.1 Å². The van der Waals surface area contributed by atoms with Crippen LogP contribution in [0.25, 0.3) is 0 Å². The van der Waals surface area contributed by atoms with Crippen molar-refractivity contribution in [2.24, 2.45) is 0 Å². The Hall–Kier alpha value is -3.67. The van der Waals surface area contributed by atoms with Gasteiger partial charge in [0.1, 0.15) is 11.8 Å². The highest BCUT2D eigenvalue weighted by Crippen LogP contribution is 2.39. The summed E-state index contributed by atoms with van der Waals surface area (Å²) < 4.78 is 5.95. The molecule has 4 rings (SSSR count). The van der Waals surface area contributed by atoms with Crippen molar-refractivity contribution >= 4 is 11.6 Å². The number of amides is 1. The zero-order valence-corrected chi connectivity index (χ0v) is 15.0. The van der Waals surface area contributed by atoms with Crippen LogP contribution in [0.2, 0.25) is 0 Å². The molecule has 1 fully saturated rings. The number of carbonyl (C=O) groups is 1. The Morgan fingerprint density at radius 1 is 0.893 bits per heavy atom. The molecule has 0 aromatic heterocycles. The average molecular weight is 374 g/mol. The summed E-state index contributed by atoms with van der Waals surface area (Å²) in [6.07, 6.45) is -0.660. The van der Waals surface area contributed by atoms with Gasteiger partial charge in [0, 0.05) is 18.7 Å². The summed E-state index contributed by atoms with van der Waals surface area (Å²) >= 11 is 0. The number of nitro groups is 1. The molecule has 6 nitrogen and oxygen atoms in total. The van der Waals surface area contributed by atoms with E-state index in [-0.39, 0.29) is 17.6 Å².